The number of rotatable bonds is 5. The zero-order chi connectivity index (χ0) is 19.2. The number of amides is 1. The molecule has 1 fully saturated rings. The van der Waals surface area contributed by atoms with E-state index in [0.29, 0.717) is 19.3 Å². The molecule has 1 amide bonds. The van der Waals surface area contributed by atoms with Gasteiger partial charge < -0.3 is 19.9 Å². The maximum absolute atomic E-state index is 12.7. The van der Waals surface area contributed by atoms with Gasteiger partial charge >= 0.3 is 12.1 Å². The van der Waals surface area contributed by atoms with Crippen molar-refractivity contribution in [2.75, 3.05) is 0 Å². The lowest BCUT2D eigenvalue weighted by Crippen LogP contribution is -2.47. The Balaban J connectivity index is 2.05. The molecule has 26 heavy (non-hydrogen) atoms. The van der Waals surface area contributed by atoms with Crippen LogP contribution in [0.1, 0.15) is 52.0 Å². The van der Waals surface area contributed by atoms with Crippen LogP contribution in [-0.4, -0.2) is 41.0 Å². The van der Waals surface area contributed by atoms with Gasteiger partial charge in [-0.25, -0.2) is 9.59 Å². The van der Waals surface area contributed by atoms with Crippen LogP contribution in [0.4, 0.5) is 4.79 Å². The number of hydrogen-bond acceptors (Lipinski definition) is 5. The third-order valence-electron chi connectivity index (χ3n) is 4.19. The maximum atomic E-state index is 12.7. The number of nitrogens with one attached hydrogen (secondary N) is 1. The van der Waals surface area contributed by atoms with Crippen LogP contribution in [0.2, 0.25) is 0 Å². The second-order valence-corrected chi connectivity index (χ2v) is 7.72. The van der Waals surface area contributed by atoms with E-state index in [-0.39, 0.29) is 0 Å². The van der Waals surface area contributed by atoms with Crippen molar-refractivity contribution in [3.63, 3.8) is 0 Å². The Hall–Kier alpha value is -2.08. The van der Waals surface area contributed by atoms with Crippen molar-refractivity contribution < 1.29 is 24.2 Å². The molecule has 1 aliphatic carbocycles. The number of alkyl carbamates (subject to hydrolysis) is 1. The molecule has 1 saturated carbocycles. The first-order chi connectivity index (χ1) is 12.2. The highest BCUT2D eigenvalue weighted by molar-refractivity contribution is 5.82. The summed E-state index contributed by atoms with van der Waals surface area (Å²) in [4.78, 5) is 24.8. The summed E-state index contributed by atoms with van der Waals surface area (Å²) in [5.74, 6) is -0.550. The van der Waals surface area contributed by atoms with Gasteiger partial charge in [0.25, 0.3) is 0 Å². The van der Waals surface area contributed by atoms with E-state index in [4.69, 9.17) is 9.47 Å². The second-order valence-electron chi connectivity index (χ2n) is 7.72. The number of ether oxygens (including phenoxy) is 2. The number of carbonyl (C=O) groups is 2. The van der Waals surface area contributed by atoms with Crippen LogP contribution < -0.4 is 5.32 Å². The summed E-state index contributed by atoms with van der Waals surface area (Å²) >= 11 is 0. The lowest BCUT2D eigenvalue weighted by Gasteiger charge is -2.29. The molecule has 6 heteroatoms. The van der Waals surface area contributed by atoms with E-state index in [1.165, 1.54) is 0 Å². The second kappa shape index (κ2) is 9.03. The summed E-state index contributed by atoms with van der Waals surface area (Å²) in [6, 6.07) is 8.52. The van der Waals surface area contributed by atoms with Gasteiger partial charge in [0.05, 0.1) is 6.10 Å². The molecule has 0 radical (unpaired) electrons. The number of hydrogen-bond donors (Lipinski definition) is 2. The number of carbonyl (C=O) groups excluding carboxylic acids is 2. The Bertz CT molecular complexity index is 596. The first kappa shape index (κ1) is 20.2. The fourth-order valence-electron chi connectivity index (χ4n) is 2.94. The third-order valence-corrected chi connectivity index (χ3v) is 4.19. The van der Waals surface area contributed by atoms with Crippen LogP contribution in [0.5, 0.6) is 0 Å². The molecule has 0 spiro atoms. The number of esters is 1. The molecule has 0 aromatic heterocycles. The molecular formula is C20H29NO5. The molecule has 1 aromatic carbocycles. The molecular weight excluding hydrogens is 334 g/mol. The lowest BCUT2D eigenvalue weighted by molar-refractivity contribution is -0.160. The minimum atomic E-state index is -0.874. The number of aliphatic hydroxyl groups excluding tert-OH is 1. The zero-order valence-electron chi connectivity index (χ0n) is 15.7. The predicted molar refractivity (Wildman–Crippen MR) is 97.7 cm³/mol. The molecule has 0 aliphatic heterocycles. The van der Waals surface area contributed by atoms with E-state index in [9.17, 15) is 14.7 Å². The van der Waals surface area contributed by atoms with Gasteiger partial charge in [-0.2, -0.15) is 0 Å². The van der Waals surface area contributed by atoms with E-state index < -0.39 is 35.9 Å². The quantitative estimate of drug-likeness (QED) is 0.786. The van der Waals surface area contributed by atoms with Crippen molar-refractivity contribution in [2.45, 2.75) is 76.7 Å². The Labute approximate surface area is 154 Å². The van der Waals surface area contributed by atoms with Gasteiger partial charge in [-0.1, -0.05) is 36.8 Å². The fourth-order valence-corrected chi connectivity index (χ4v) is 2.94. The monoisotopic (exact) mass is 363 g/mol. The topological polar surface area (TPSA) is 84.9 Å². The third kappa shape index (κ3) is 6.67. The highest BCUT2D eigenvalue weighted by Crippen LogP contribution is 2.22. The minimum Gasteiger partial charge on any atom is -0.458 e. The van der Waals surface area contributed by atoms with Crippen molar-refractivity contribution in [2.24, 2.45) is 0 Å². The number of benzene rings is 1. The van der Waals surface area contributed by atoms with Gasteiger partial charge in [0.15, 0.2) is 0 Å². The van der Waals surface area contributed by atoms with Crippen molar-refractivity contribution in [1.29, 1.82) is 0 Å². The smallest absolute Gasteiger partial charge is 0.408 e. The van der Waals surface area contributed by atoms with Gasteiger partial charge in [-0.15, -0.1) is 0 Å². The van der Waals surface area contributed by atoms with Crippen LogP contribution in [-0.2, 0) is 20.7 Å². The van der Waals surface area contributed by atoms with Gasteiger partial charge in [0, 0.05) is 6.42 Å². The summed E-state index contributed by atoms with van der Waals surface area (Å²) in [6.45, 7) is 5.28. The normalized spacial score (nSPS) is 21.5. The van der Waals surface area contributed by atoms with Gasteiger partial charge in [-0.3, -0.25) is 0 Å². The summed E-state index contributed by atoms with van der Waals surface area (Å²) in [6.07, 6.45) is 1.57. The highest BCUT2D eigenvalue weighted by Gasteiger charge is 2.31. The Morgan fingerprint density at radius 3 is 2.46 bits per heavy atom. The van der Waals surface area contributed by atoms with Gasteiger partial charge in [0.2, 0.25) is 0 Å². The summed E-state index contributed by atoms with van der Waals surface area (Å²) in [5, 5.41) is 12.6. The SMILES string of the molecule is CC(C)(C)OC(=O)N[C@@H](Cc1ccccc1)C(=O)OC1CCCCC1O. The fraction of sp³-hybridized carbons (Fsp3) is 0.600. The van der Waals surface area contributed by atoms with Crippen LogP contribution in [0, 0.1) is 0 Å². The molecule has 0 bridgehead atoms. The zero-order valence-corrected chi connectivity index (χ0v) is 15.7. The molecule has 0 heterocycles. The maximum Gasteiger partial charge on any atom is 0.408 e. The van der Waals surface area contributed by atoms with Crippen LogP contribution in [0.25, 0.3) is 0 Å². The molecule has 6 nitrogen and oxygen atoms in total. The molecule has 3 atom stereocenters. The molecule has 1 aromatic rings. The molecule has 2 rings (SSSR count). The Kier molecular flexibility index (Phi) is 7.03. The lowest BCUT2D eigenvalue weighted by atomic mass is 9.94. The van der Waals surface area contributed by atoms with E-state index in [0.717, 1.165) is 18.4 Å². The largest absolute Gasteiger partial charge is 0.458 e. The van der Waals surface area contributed by atoms with Crippen molar-refractivity contribution in [3.05, 3.63) is 35.9 Å². The summed E-state index contributed by atoms with van der Waals surface area (Å²) in [5.41, 5.74) is 0.236. The van der Waals surface area contributed by atoms with Crippen molar-refractivity contribution in [3.8, 4) is 0 Å². The van der Waals surface area contributed by atoms with Gasteiger partial charge in [0.1, 0.15) is 17.7 Å². The first-order valence-electron chi connectivity index (χ1n) is 9.16. The average Bonchev–Trinajstić information content (AvgIpc) is 2.55. The van der Waals surface area contributed by atoms with E-state index in [1.807, 2.05) is 30.3 Å². The standard InChI is InChI=1S/C20H29NO5/c1-20(2,3)26-19(24)21-15(13-14-9-5-4-6-10-14)18(23)25-17-12-8-7-11-16(17)22/h4-6,9-10,15-17,22H,7-8,11-13H2,1-3H3,(H,21,24)/t15-,16?,17?/m0/s1. The van der Waals surface area contributed by atoms with Crippen molar-refractivity contribution >= 4 is 12.1 Å². The van der Waals surface area contributed by atoms with E-state index in [1.54, 1.807) is 20.8 Å². The van der Waals surface area contributed by atoms with Gasteiger partial charge in [-0.05, 0) is 45.6 Å². The average molecular weight is 363 g/mol. The minimum absolute atomic E-state index is 0.293. The summed E-state index contributed by atoms with van der Waals surface area (Å²) in [7, 11) is 0. The molecule has 0 saturated heterocycles. The molecule has 1 aliphatic rings. The number of aliphatic hydroxyl groups is 1. The van der Waals surface area contributed by atoms with Crippen LogP contribution in [0.3, 0.4) is 0 Å². The van der Waals surface area contributed by atoms with Crippen LogP contribution >= 0.6 is 0 Å². The molecule has 144 valence electrons. The molecule has 2 N–H and O–H groups in total. The Morgan fingerprint density at radius 1 is 1.19 bits per heavy atom. The van der Waals surface area contributed by atoms with E-state index in [2.05, 4.69) is 5.32 Å². The predicted octanol–water partition coefficient (Wildman–Crippen LogP) is 2.97. The highest BCUT2D eigenvalue weighted by atomic mass is 16.6. The molecule has 2 unspecified atom stereocenters. The van der Waals surface area contributed by atoms with E-state index >= 15 is 0 Å². The Morgan fingerprint density at radius 2 is 1.85 bits per heavy atom. The van der Waals surface area contributed by atoms with Crippen LogP contribution in [0.15, 0.2) is 30.3 Å². The summed E-state index contributed by atoms with van der Waals surface area (Å²) < 4.78 is 10.8. The van der Waals surface area contributed by atoms with Crippen molar-refractivity contribution in [1.82, 2.24) is 5.32 Å². The first-order valence-corrected chi connectivity index (χ1v) is 9.16.